The van der Waals surface area contributed by atoms with Gasteiger partial charge in [-0.05, 0) is 18.1 Å². The van der Waals surface area contributed by atoms with Gasteiger partial charge in [0, 0.05) is 32.0 Å². The smallest absolute Gasteiger partial charge is 0.303 e. The van der Waals surface area contributed by atoms with Crippen LogP contribution in [0.15, 0.2) is 24.3 Å². The van der Waals surface area contributed by atoms with Gasteiger partial charge in [0.15, 0.2) is 0 Å². The molecule has 1 aromatic carbocycles. The summed E-state index contributed by atoms with van der Waals surface area (Å²) in [4.78, 5) is 33.0. The molecule has 6 nitrogen and oxygen atoms in total. The Morgan fingerprint density at radius 1 is 1.15 bits per heavy atom. The van der Waals surface area contributed by atoms with Gasteiger partial charge in [0.2, 0.25) is 11.8 Å². The maximum absolute atomic E-state index is 11.7. The van der Waals surface area contributed by atoms with Gasteiger partial charge in [0.05, 0.1) is 0 Å². The first-order valence-corrected chi connectivity index (χ1v) is 6.33. The Morgan fingerprint density at radius 3 is 2.50 bits per heavy atom. The third-order valence-corrected chi connectivity index (χ3v) is 2.63. The number of carboxylic acid groups (broad SMARTS) is 1. The van der Waals surface area contributed by atoms with E-state index in [0.717, 1.165) is 5.56 Å². The summed E-state index contributed by atoms with van der Waals surface area (Å²) in [5, 5.41) is 14.0. The fraction of sp³-hybridized carbons (Fsp3) is 0.357. The molecule has 0 bridgehead atoms. The van der Waals surface area contributed by atoms with E-state index in [1.165, 1.54) is 6.92 Å². The fourth-order valence-corrected chi connectivity index (χ4v) is 1.67. The molecule has 0 aliphatic heterocycles. The van der Waals surface area contributed by atoms with Crippen molar-refractivity contribution in [2.24, 2.45) is 0 Å². The van der Waals surface area contributed by atoms with Crippen molar-refractivity contribution < 1.29 is 19.5 Å². The van der Waals surface area contributed by atoms with Crippen molar-refractivity contribution in [3.8, 4) is 0 Å². The summed E-state index contributed by atoms with van der Waals surface area (Å²) >= 11 is 0. The number of aryl methyl sites for hydroxylation is 1. The summed E-state index contributed by atoms with van der Waals surface area (Å²) in [6.07, 6.45) is 0.545. The number of carboxylic acids is 1. The average Bonchev–Trinajstić information content (AvgIpc) is 2.37. The van der Waals surface area contributed by atoms with Crippen LogP contribution in [0.3, 0.4) is 0 Å². The summed E-state index contributed by atoms with van der Waals surface area (Å²) in [6.45, 7) is 1.66. The van der Waals surface area contributed by atoms with Crippen LogP contribution in [-0.2, 0) is 20.8 Å². The molecule has 0 aliphatic carbocycles. The van der Waals surface area contributed by atoms with Crippen molar-refractivity contribution >= 4 is 23.5 Å². The highest BCUT2D eigenvalue weighted by atomic mass is 16.4. The molecule has 1 aromatic rings. The van der Waals surface area contributed by atoms with E-state index in [2.05, 4.69) is 10.6 Å². The molecule has 1 rings (SSSR count). The minimum Gasteiger partial charge on any atom is -0.481 e. The molecule has 0 fully saturated rings. The molecule has 6 heteroatoms. The number of carbonyl (C=O) groups excluding carboxylic acids is 2. The third kappa shape index (κ3) is 5.99. The van der Waals surface area contributed by atoms with E-state index in [-0.39, 0.29) is 31.2 Å². The van der Waals surface area contributed by atoms with Crippen molar-refractivity contribution in [2.75, 3.05) is 11.9 Å². The lowest BCUT2D eigenvalue weighted by atomic mass is 10.1. The van der Waals surface area contributed by atoms with Crippen LogP contribution in [-0.4, -0.2) is 29.4 Å². The van der Waals surface area contributed by atoms with E-state index < -0.39 is 5.97 Å². The lowest BCUT2D eigenvalue weighted by molar-refractivity contribution is -0.137. The molecule has 2 amide bonds. The molecule has 0 atom stereocenters. The van der Waals surface area contributed by atoms with Crippen LogP contribution < -0.4 is 10.6 Å². The summed E-state index contributed by atoms with van der Waals surface area (Å²) in [6, 6.07) is 7.08. The highest BCUT2D eigenvalue weighted by Crippen LogP contribution is 2.17. The zero-order valence-electron chi connectivity index (χ0n) is 11.3. The largest absolute Gasteiger partial charge is 0.481 e. The first-order valence-electron chi connectivity index (χ1n) is 6.33. The number of hydrogen-bond acceptors (Lipinski definition) is 3. The minimum atomic E-state index is -0.878. The Bertz CT molecular complexity index is 500. The fourth-order valence-electron chi connectivity index (χ4n) is 1.67. The van der Waals surface area contributed by atoms with E-state index in [9.17, 15) is 14.4 Å². The van der Waals surface area contributed by atoms with Crippen molar-refractivity contribution in [3.63, 3.8) is 0 Å². The van der Waals surface area contributed by atoms with Gasteiger partial charge >= 0.3 is 5.97 Å². The molecular formula is C14H18N2O4. The molecule has 0 unspecified atom stereocenters. The second kappa shape index (κ2) is 7.93. The van der Waals surface area contributed by atoms with Crippen molar-refractivity contribution in [1.29, 1.82) is 0 Å². The number of hydrogen-bond donors (Lipinski definition) is 3. The monoisotopic (exact) mass is 278 g/mol. The first kappa shape index (κ1) is 15.7. The second-order valence-corrected chi connectivity index (χ2v) is 4.33. The number of carbonyl (C=O) groups is 3. The normalized spacial score (nSPS) is 9.85. The van der Waals surface area contributed by atoms with Crippen LogP contribution in [0.25, 0.3) is 0 Å². The van der Waals surface area contributed by atoms with Gasteiger partial charge in [0.1, 0.15) is 0 Å². The molecule has 0 saturated heterocycles. The summed E-state index contributed by atoms with van der Waals surface area (Å²) < 4.78 is 0. The van der Waals surface area contributed by atoms with E-state index in [0.29, 0.717) is 12.1 Å². The van der Waals surface area contributed by atoms with E-state index in [4.69, 9.17) is 5.11 Å². The van der Waals surface area contributed by atoms with E-state index in [1.807, 2.05) is 0 Å². The van der Waals surface area contributed by atoms with Crippen molar-refractivity contribution in [1.82, 2.24) is 5.32 Å². The van der Waals surface area contributed by atoms with Crippen LogP contribution in [0.2, 0.25) is 0 Å². The Hall–Kier alpha value is -2.37. The highest BCUT2D eigenvalue weighted by Gasteiger charge is 2.08. The van der Waals surface area contributed by atoms with E-state index in [1.54, 1.807) is 24.3 Å². The Labute approximate surface area is 117 Å². The molecule has 0 radical (unpaired) electrons. The molecule has 0 heterocycles. The Kier molecular flexibility index (Phi) is 6.22. The predicted octanol–water partition coefficient (Wildman–Crippen LogP) is 1.17. The second-order valence-electron chi connectivity index (χ2n) is 4.33. The molecule has 3 N–H and O–H groups in total. The maximum atomic E-state index is 11.7. The van der Waals surface area contributed by atoms with Crippen molar-refractivity contribution in [2.45, 2.75) is 26.2 Å². The number of nitrogens with one attached hydrogen (secondary N) is 2. The molecule has 0 spiro atoms. The number of amides is 2. The predicted molar refractivity (Wildman–Crippen MR) is 74.3 cm³/mol. The Balaban J connectivity index is 2.55. The standard InChI is InChI=1S/C14H18N2O4/c1-10(17)15-9-8-13(18)16-12-5-3-2-4-11(12)6-7-14(19)20/h2-5H,6-9H2,1H3,(H,15,17)(H,16,18)(H,19,20). The lowest BCUT2D eigenvalue weighted by Gasteiger charge is -2.10. The zero-order chi connectivity index (χ0) is 15.0. The molecular weight excluding hydrogens is 260 g/mol. The number of para-hydroxylation sites is 1. The number of anilines is 1. The average molecular weight is 278 g/mol. The molecule has 0 saturated carbocycles. The van der Waals surface area contributed by atoms with Crippen molar-refractivity contribution in [3.05, 3.63) is 29.8 Å². The van der Waals surface area contributed by atoms with Gasteiger partial charge in [-0.25, -0.2) is 0 Å². The van der Waals surface area contributed by atoms with Gasteiger partial charge < -0.3 is 15.7 Å². The lowest BCUT2D eigenvalue weighted by Crippen LogP contribution is -2.25. The van der Waals surface area contributed by atoms with Crippen LogP contribution in [0, 0.1) is 0 Å². The quantitative estimate of drug-likeness (QED) is 0.697. The zero-order valence-corrected chi connectivity index (χ0v) is 11.3. The van der Waals surface area contributed by atoms with Gasteiger partial charge in [0.25, 0.3) is 0 Å². The minimum absolute atomic E-state index is 0.0127. The topological polar surface area (TPSA) is 95.5 Å². The summed E-state index contributed by atoms with van der Waals surface area (Å²) in [7, 11) is 0. The molecule has 0 aliphatic rings. The third-order valence-electron chi connectivity index (χ3n) is 2.63. The van der Waals surface area contributed by atoms with Crippen LogP contribution in [0.4, 0.5) is 5.69 Å². The number of aliphatic carboxylic acids is 1. The van der Waals surface area contributed by atoms with Crippen LogP contribution >= 0.6 is 0 Å². The van der Waals surface area contributed by atoms with Gasteiger partial charge in [-0.3, -0.25) is 14.4 Å². The first-order chi connectivity index (χ1) is 9.49. The molecule has 0 aromatic heterocycles. The van der Waals surface area contributed by atoms with Gasteiger partial charge in [-0.2, -0.15) is 0 Å². The highest BCUT2D eigenvalue weighted by molar-refractivity contribution is 5.92. The van der Waals surface area contributed by atoms with Crippen LogP contribution in [0.5, 0.6) is 0 Å². The molecule has 20 heavy (non-hydrogen) atoms. The molecule has 108 valence electrons. The number of rotatable bonds is 7. The maximum Gasteiger partial charge on any atom is 0.303 e. The van der Waals surface area contributed by atoms with Gasteiger partial charge in [-0.15, -0.1) is 0 Å². The Morgan fingerprint density at radius 2 is 1.85 bits per heavy atom. The van der Waals surface area contributed by atoms with Crippen LogP contribution in [0.1, 0.15) is 25.3 Å². The summed E-state index contributed by atoms with van der Waals surface area (Å²) in [5.74, 6) is -1.28. The number of benzene rings is 1. The summed E-state index contributed by atoms with van der Waals surface area (Å²) in [5.41, 5.74) is 1.39. The van der Waals surface area contributed by atoms with E-state index >= 15 is 0 Å². The SMILES string of the molecule is CC(=O)NCCC(=O)Nc1ccccc1CCC(=O)O. The van der Waals surface area contributed by atoms with Gasteiger partial charge in [-0.1, -0.05) is 18.2 Å².